The maximum atomic E-state index is 12.4. The van der Waals surface area contributed by atoms with Crippen LogP contribution in [0, 0.1) is 13.8 Å². The van der Waals surface area contributed by atoms with Crippen molar-refractivity contribution in [3.63, 3.8) is 0 Å². The molecular formula is C14H13BrClN3O. The normalized spacial score (nSPS) is 10.4. The number of amides is 1. The van der Waals surface area contributed by atoms with E-state index in [-0.39, 0.29) is 11.1 Å². The molecule has 0 saturated carbocycles. The molecule has 4 nitrogen and oxygen atoms in total. The molecule has 3 N–H and O–H groups in total. The second-order valence-corrected chi connectivity index (χ2v) is 5.69. The number of anilines is 2. The molecule has 2 rings (SSSR count). The van der Waals surface area contributed by atoms with Gasteiger partial charge in [-0.25, -0.2) is 4.98 Å². The third kappa shape index (κ3) is 2.94. The van der Waals surface area contributed by atoms with E-state index in [1.54, 1.807) is 31.3 Å². The van der Waals surface area contributed by atoms with Crippen molar-refractivity contribution in [3.05, 3.63) is 50.7 Å². The molecule has 20 heavy (non-hydrogen) atoms. The van der Waals surface area contributed by atoms with Crippen molar-refractivity contribution in [2.45, 2.75) is 13.8 Å². The lowest BCUT2D eigenvalue weighted by Crippen LogP contribution is -2.15. The highest BCUT2D eigenvalue weighted by atomic mass is 79.9. The lowest BCUT2D eigenvalue weighted by Gasteiger charge is -2.12. The van der Waals surface area contributed by atoms with Gasteiger partial charge in [0.25, 0.3) is 5.91 Å². The number of nitrogen functional groups attached to an aromatic ring is 1. The molecule has 1 aromatic heterocycles. The monoisotopic (exact) mass is 353 g/mol. The minimum atomic E-state index is -0.270. The molecule has 1 heterocycles. The Hall–Kier alpha value is -1.59. The smallest absolute Gasteiger partial charge is 0.256 e. The summed E-state index contributed by atoms with van der Waals surface area (Å²) >= 11 is 9.34. The summed E-state index contributed by atoms with van der Waals surface area (Å²) in [6, 6.07) is 5.26. The molecule has 0 aliphatic carbocycles. The lowest BCUT2D eigenvalue weighted by molar-refractivity contribution is 0.102. The van der Waals surface area contributed by atoms with Crippen LogP contribution in [0.5, 0.6) is 0 Å². The van der Waals surface area contributed by atoms with Gasteiger partial charge in [0.2, 0.25) is 0 Å². The number of carbonyl (C=O) groups is 1. The van der Waals surface area contributed by atoms with Gasteiger partial charge < -0.3 is 11.1 Å². The number of rotatable bonds is 2. The highest BCUT2D eigenvalue weighted by Crippen LogP contribution is 2.26. The topological polar surface area (TPSA) is 68.0 Å². The van der Waals surface area contributed by atoms with E-state index in [4.69, 9.17) is 17.3 Å². The zero-order chi connectivity index (χ0) is 14.9. The lowest BCUT2D eigenvalue weighted by atomic mass is 10.1. The molecule has 1 amide bonds. The van der Waals surface area contributed by atoms with Gasteiger partial charge in [-0.05, 0) is 43.2 Å². The Kier molecular flexibility index (Phi) is 4.30. The van der Waals surface area contributed by atoms with E-state index in [1.807, 2.05) is 6.92 Å². The number of benzene rings is 1. The SMILES string of the molecule is Cc1ccnc(Cl)c1NC(=O)c1cc(Br)cc(N)c1C. The van der Waals surface area contributed by atoms with Crippen molar-refractivity contribution >= 4 is 44.8 Å². The van der Waals surface area contributed by atoms with Crippen molar-refractivity contribution in [1.29, 1.82) is 0 Å². The molecule has 0 spiro atoms. The molecule has 0 fully saturated rings. The second kappa shape index (κ2) is 5.81. The van der Waals surface area contributed by atoms with Crippen LogP contribution in [0.2, 0.25) is 5.15 Å². The molecule has 1 aromatic carbocycles. The van der Waals surface area contributed by atoms with Crippen LogP contribution >= 0.6 is 27.5 Å². The number of hydrogen-bond donors (Lipinski definition) is 2. The quantitative estimate of drug-likeness (QED) is 0.634. The number of aryl methyl sites for hydroxylation is 1. The molecule has 104 valence electrons. The average Bonchev–Trinajstić information content (AvgIpc) is 2.38. The molecule has 2 aromatic rings. The molecule has 0 aliphatic rings. The van der Waals surface area contributed by atoms with Gasteiger partial charge in [0.15, 0.2) is 5.15 Å². The number of aromatic nitrogens is 1. The highest BCUT2D eigenvalue weighted by molar-refractivity contribution is 9.10. The first-order valence-corrected chi connectivity index (χ1v) is 7.05. The number of carbonyl (C=O) groups excluding carboxylic acids is 1. The third-order valence-corrected chi connectivity index (χ3v) is 3.75. The van der Waals surface area contributed by atoms with Crippen LogP contribution in [-0.2, 0) is 0 Å². The molecule has 0 unspecified atom stereocenters. The van der Waals surface area contributed by atoms with Crippen LogP contribution in [0.25, 0.3) is 0 Å². The summed E-state index contributed by atoms with van der Waals surface area (Å²) in [6.07, 6.45) is 1.59. The Morgan fingerprint density at radius 1 is 1.40 bits per heavy atom. The van der Waals surface area contributed by atoms with Gasteiger partial charge in [-0.2, -0.15) is 0 Å². The van der Waals surface area contributed by atoms with Crippen LogP contribution < -0.4 is 11.1 Å². The Balaban J connectivity index is 2.39. The number of pyridine rings is 1. The van der Waals surface area contributed by atoms with Crippen LogP contribution in [0.1, 0.15) is 21.5 Å². The van der Waals surface area contributed by atoms with E-state index in [2.05, 4.69) is 26.2 Å². The number of hydrogen-bond acceptors (Lipinski definition) is 3. The van der Waals surface area contributed by atoms with Crippen LogP contribution in [0.15, 0.2) is 28.9 Å². The molecule has 0 bridgehead atoms. The van der Waals surface area contributed by atoms with Gasteiger partial charge in [0, 0.05) is 21.9 Å². The van der Waals surface area contributed by atoms with Gasteiger partial charge in [0.1, 0.15) is 0 Å². The van der Waals surface area contributed by atoms with E-state index in [9.17, 15) is 4.79 Å². The predicted octanol–water partition coefficient (Wildman–Crippen LogP) is 3.95. The molecule has 0 atom stereocenters. The van der Waals surface area contributed by atoms with Crippen LogP contribution in [0.3, 0.4) is 0 Å². The molecular weight excluding hydrogens is 342 g/mol. The van der Waals surface area contributed by atoms with Gasteiger partial charge in [-0.15, -0.1) is 0 Å². The molecule has 0 radical (unpaired) electrons. The van der Waals surface area contributed by atoms with E-state index in [1.165, 1.54) is 0 Å². The largest absolute Gasteiger partial charge is 0.398 e. The van der Waals surface area contributed by atoms with Crippen molar-refractivity contribution in [2.75, 3.05) is 11.1 Å². The Labute approximate surface area is 130 Å². The fraction of sp³-hybridized carbons (Fsp3) is 0.143. The second-order valence-electron chi connectivity index (χ2n) is 4.42. The van der Waals surface area contributed by atoms with E-state index in [0.717, 1.165) is 15.6 Å². The minimum Gasteiger partial charge on any atom is -0.398 e. The fourth-order valence-corrected chi connectivity index (χ4v) is 2.52. The van der Waals surface area contributed by atoms with E-state index >= 15 is 0 Å². The predicted molar refractivity (Wildman–Crippen MR) is 85.2 cm³/mol. The summed E-state index contributed by atoms with van der Waals surface area (Å²) in [7, 11) is 0. The fourth-order valence-electron chi connectivity index (χ4n) is 1.79. The Bertz CT molecular complexity index is 668. The van der Waals surface area contributed by atoms with Crippen LogP contribution in [0.4, 0.5) is 11.4 Å². The summed E-state index contributed by atoms with van der Waals surface area (Å²) in [4.78, 5) is 16.3. The molecule has 6 heteroatoms. The summed E-state index contributed by atoms with van der Waals surface area (Å²) in [5.41, 5.74) is 9.00. The van der Waals surface area contributed by atoms with E-state index in [0.29, 0.717) is 16.9 Å². The van der Waals surface area contributed by atoms with Gasteiger partial charge in [-0.3, -0.25) is 4.79 Å². The third-order valence-electron chi connectivity index (χ3n) is 3.01. The average molecular weight is 355 g/mol. The summed E-state index contributed by atoms with van der Waals surface area (Å²) < 4.78 is 0.750. The van der Waals surface area contributed by atoms with Crippen molar-refractivity contribution < 1.29 is 4.79 Å². The molecule has 0 aliphatic heterocycles. The number of nitrogens with one attached hydrogen (secondary N) is 1. The minimum absolute atomic E-state index is 0.263. The number of halogens is 2. The molecule has 0 saturated heterocycles. The zero-order valence-corrected chi connectivity index (χ0v) is 13.3. The first-order chi connectivity index (χ1) is 9.40. The number of nitrogens with two attached hydrogens (primary N) is 1. The van der Waals surface area contributed by atoms with Gasteiger partial charge >= 0.3 is 0 Å². The number of nitrogens with zero attached hydrogens (tertiary/aromatic N) is 1. The maximum Gasteiger partial charge on any atom is 0.256 e. The van der Waals surface area contributed by atoms with Gasteiger partial charge in [-0.1, -0.05) is 27.5 Å². The van der Waals surface area contributed by atoms with Gasteiger partial charge in [0.05, 0.1) is 5.69 Å². The van der Waals surface area contributed by atoms with Crippen LogP contribution in [-0.4, -0.2) is 10.9 Å². The highest BCUT2D eigenvalue weighted by Gasteiger charge is 2.15. The van der Waals surface area contributed by atoms with Crippen molar-refractivity contribution in [3.8, 4) is 0 Å². The maximum absolute atomic E-state index is 12.4. The first-order valence-electron chi connectivity index (χ1n) is 5.88. The van der Waals surface area contributed by atoms with Crippen molar-refractivity contribution in [1.82, 2.24) is 4.98 Å². The Morgan fingerprint density at radius 2 is 2.10 bits per heavy atom. The summed E-state index contributed by atoms with van der Waals surface area (Å²) in [6.45, 7) is 3.65. The zero-order valence-electron chi connectivity index (χ0n) is 11.0. The Morgan fingerprint density at radius 3 is 2.75 bits per heavy atom. The standard InChI is InChI=1S/C14H13BrClN3O/c1-7-3-4-18-13(16)12(7)19-14(20)10-5-9(15)6-11(17)8(10)2/h3-6H,17H2,1-2H3,(H,19,20). The van der Waals surface area contributed by atoms with E-state index < -0.39 is 0 Å². The van der Waals surface area contributed by atoms with Crippen molar-refractivity contribution in [2.24, 2.45) is 0 Å². The first kappa shape index (κ1) is 14.8. The summed E-state index contributed by atoms with van der Waals surface area (Å²) in [5, 5.41) is 3.04. The summed E-state index contributed by atoms with van der Waals surface area (Å²) in [5.74, 6) is -0.270.